The lowest BCUT2D eigenvalue weighted by Crippen LogP contribution is -2.35. The number of nitrogens with one attached hydrogen (secondary N) is 1. The Bertz CT molecular complexity index is 1300. The van der Waals surface area contributed by atoms with Gasteiger partial charge < -0.3 is 4.74 Å². The van der Waals surface area contributed by atoms with Gasteiger partial charge in [-0.2, -0.15) is 0 Å². The molecule has 1 fully saturated rings. The fourth-order valence-electron chi connectivity index (χ4n) is 3.25. The van der Waals surface area contributed by atoms with E-state index in [2.05, 4.69) is 5.43 Å². The maximum Gasteiger partial charge on any atom is 0.313 e. The first-order valence-electron chi connectivity index (χ1n) is 9.61. The zero-order valence-electron chi connectivity index (χ0n) is 16.8. The monoisotopic (exact) mass is 467 g/mol. The fraction of sp³-hybridized carbons (Fsp3) is 0.0435. The van der Waals surface area contributed by atoms with Crippen LogP contribution in [0.2, 0.25) is 5.02 Å². The number of para-hydroxylation sites is 1. The van der Waals surface area contributed by atoms with Crippen molar-refractivity contribution in [3.8, 4) is 5.75 Å². The molecule has 0 spiro atoms. The third kappa shape index (κ3) is 4.68. The van der Waals surface area contributed by atoms with Crippen LogP contribution in [0.5, 0.6) is 5.75 Å². The number of carbonyl (C=O) groups is 2. The van der Waals surface area contributed by atoms with Crippen LogP contribution >= 0.6 is 11.6 Å². The van der Waals surface area contributed by atoms with Crippen LogP contribution in [-0.2, 0) is 16.2 Å². The molecule has 1 heterocycles. The van der Waals surface area contributed by atoms with E-state index in [4.69, 9.17) is 16.3 Å². The summed E-state index contributed by atoms with van der Waals surface area (Å²) < 4.78 is 19.1. The van der Waals surface area contributed by atoms with E-state index in [9.17, 15) is 24.1 Å². The van der Waals surface area contributed by atoms with Gasteiger partial charge in [0.25, 0.3) is 11.8 Å². The minimum absolute atomic E-state index is 0.0115. The summed E-state index contributed by atoms with van der Waals surface area (Å²) in [5.41, 5.74) is 2.66. The Morgan fingerprint density at radius 1 is 1.09 bits per heavy atom. The molecule has 0 saturated carbocycles. The summed E-state index contributed by atoms with van der Waals surface area (Å²) in [6.07, 6.45) is 1.18. The lowest BCUT2D eigenvalue weighted by atomic mass is 10.1. The number of hydrazine groups is 1. The quantitative estimate of drug-likeness (QED) is 0.250. The van der Waals surface area contributed by atoms with Gasteiger partial charge in [0, 0.05) is 16.7 Å². The Hall–Kier alpha value is -4.24. The Labute approximate surface area is 192 Å². The third-order valence-electron chi connectivity index (χ3n) is 4.74. The number of carbonyl (C=O) groups excluding carboxylic acids is 2. The van der Waals surface area contributed by atoms with E-state index in [-0.39, 0.29) is 28.5 Å². The van der Waals surface area contributed by atoms with Crippen LogP contribution in [-0.4, -0.2) is 16.7 Å². The van der Waals surface area contributed by atoms with E-state index in [1.54, 1.807) is 36.4 Å². The highest BCUT2D eigenvalue weighted by Gasteiger charge is 2.35. The van der Waals surface area contributed by atoms with Gasteiger partial charge >= 0.3 is 5.69 Å². The second-order valence-corrected chi connectivity index (χ2v) is 7.43. The van der Waals surface area contributed by atoms with Crippen molar-refractivity contribution in [3.63, 3.8) is 0 Å². The van der Waals surface area contributed by atoms with Gasteiger partial charge in [0.15, 0.2) is 0 Å². The molecule has 1 N–H and O–H groups in total. The van der Waals surface area contributed by atoms with Gasteiger partial charge in [-0.05, 0) is 42.0 Å². The number of hydrogen-bond acceptors (Lipinski definition) is 5. The number of benzene rings is 3. The molecule has 1 aliphatic heterocycles. The van der Waals surface area contributed by atoms with Crippen molar-refractivity contribution in [1.82, 2.24) is 5.43 Å². The van der Waals surface area contributed by atoms with Crippen LogP contribution in [0.25, 0.3) is 6.08 Å². The first kappa shape index (κ1) is 22.0. The van der Waals surface area contributed by atoms with Crippen molar-refractivity contribution in [2.75, 3.05) is 5.01 Å². The van der Waals surface area contributed by atoms with Crippen LogP contribution in [0.1, 0.15) is 11.1 Å². The summed E-state index contributed by atoms with van der Waals surface area (Å²) >= 11 is 6.05. The summed E-state index contributed by atoms with van der Waals surface area (Å²) in [6.45, 7) is -0.188. The highest BCUT2D eigenvalue weighted by atomic mass is 35.5. The minimum atomic E-state index is -0.693. The first-order chi connectivity index (χ1) is 15.8. The molecular formula is C23H15ClFN3O5. The summed E-state index contributed by atoms with van der Waals surface area (Å²) in [4.78, 5) is 36.3. The lowest BCUT2D eigenvalue weighted by Gasteiger charge is -2.14. The lowest BCUT2D eigenvalue weighted by molar-refractivity contribution is -0.385. The molecule has 3 aromatic rings. The van der Waals surface area contributed by atoms with E-state index in [0.717, 1.165) is 11.1 Å². The number of amides is 2. The molecule has 1 aliphatic rings. The molecular weight excluding hydrogens is 453 g/mol. The number of rotatable bonds is 6. The zero-order valence-corrected chi connectivity index (χ0v) is 17.6. The normalized spacial score (nSPS) is 14.5. The van der Waals surface area contributed by atoms with Crippen LogP contribution in [0.3, 0.4) is 0 Å². The fourth-order valence-corrected chi connectivity index (χ4v) is 3.47. The van der Waals surface area contributed by atoms with Crippen molar-refractivity contribution in [2.45, 2.75) is 6.61 Å². The smallest absolute Gasteiger partial charge is 0.313 e. The van der Waals surface area contributed by atoms with E-state index in [1.807, 2.05) is 0 Å². The standard InChI is InChI=1S/C23H15ClFN3O5/c24-16-10-15(11-19-22(29)26-27(23(19)30)18-7-2-1-3-8-18)21(20(12-16)28(31)32)33-13-14-5-4-6-17(25)9-14/h1-12H,13H2,(H,26,29)/b19-11-. The molecule has 0 unspecified atom stereocenters. The molecule has 4 rings (SSSR count). The molecule has 33 heavy (non-hydrogen) atoms. The number of nitro groups is 1. The molecule has 10 heteroatoms. The zero-order chi connectivity index (χ0) is 23.5. The van der Waals surface area contributed by atoms with Gasteiger partial charge in [0.05, 0.1) is 10.6 Å². The van der Waals surface area contributed by atoms with Gasteiger partial charge in [0.1, 0.15) is 18.0 Å². The SMILES string of the molecule is O=C1NN(c2ccccc2)C(=O)/C1=C\c1cc(Cl)cc([N+](=O)[O-])c1OCc1cccc(F)c1. The molecule has 0 aliphatic carbocycles. The molecule has 166 valence electrons. The largest absolute Gasteiger partial charge is 0.482 e. The highest BCUT2D eigenvalue weighted by Crippen LogP contribution is 2.37. The van der Waals surface area contributed by atoms with Gasteiger partial charge in [-0.3, -0.25) is 25.1 Å². The molecule has 0 atom stereocenters. The van der Waals surface area contributed by atoms with Crippen LogP contribution in [0, 0.1) is 15.9 Å². The molecule has 1 saturated heterocycles. The first-order valence-corrected chi connectivity index (χ1v) is 9.98. The van der Waals surface area contributed by atoms with Crippen molar-refractivity contribution < 1.29 is 23.6 Å². The van der Waals surface area contributed by atoms with E-state index in [0.29, 0.717) is 11.3 Å². The summed E-state index contributed by atoms with van der Waals surface area (Å²) in [6, 6.07) is 16.4. The average molecular weight is 468 g/mol. The van der Waals surface area contributed by atoms with Gasteiger partial charge in [-0.15, -0.1) is 0 Å². The second-order valence-electron chi connectivity index (χ2n) is 6.99. The molecule has 3 aromatic carbocycles. The van der Waals surface area contributed by atoms with Crippen LogP contribution < -0.4 is 15.2 Å². The molecule has 8 nitrogen and oxygen atoms in total. The van der Waals surface area contributed by atoms with Crippen molar-refractivity contribution in [3.05, 3.63) is 104 Å². The maximum atomic E-state index is 13.5. The Kier molecular flexibility index (Phi) is 6.05. The number of halogens is 2. The van der Waals surface area contributed by atoms with Crippen molar-refractivity contribution in [2.24, 2.45) is 0 Å². The van der Waals surface area contributed by atoms with Crippen LogP contribution in [0.4, 0.5) is 15.8 Å². The maximum absolute atomic E-state index is 13.5. The molecule has 0 aromatic heterocycles. The van der Waals surface area contributed by atoms with Crippen molar-refractivity contribution >= 4 is 40.9 Å². The number of anilines is 1. The highest BCUT2D eigenvalue weighted by molar-refractivity contribution is 6.32. The second kappa shape index (κ2) is 9.09. The Morgan fingerprint density at radius 2 is 1.85 bits per heavy atom. The van der Waals surface area contributed by atoms with Crippen LogP contribution in [0.15, 0.2) is 72.3 Å². The minimum Gasteiger partial charge on any atom is -0.482 e. The van der Waals surface area contributed by atoms with Gasteiger partial charge in [-0.1, -0.05) is 41.9 Å². The number of nitrogens with zero attached hydrogens (tertiary/aromatic N) is 2. The third-order valence-corrected chi connectivity index (χ3v) is 4.96. The Balaban J connectivity index is 1.73. The number of hydrogen-bond donors (Lipinski definition) is 1. The summed E-state index contributed by atoms with van der Waals surface area (Å²) in [5.74, 6) is -2.04. The molecule has 0 radical (unpaired) electrons. The predicted molar refractivity (Wildman–Crippen MR) is 119 cm³/mol. The number of nitro benzene ring substituents is 1. The Morgan fingerprint density at radius 3 is 2.55 bits per heavy atom. The topological polar surface area (TPSA) is 102 Å². The van der Waals surface area contributed by atoms with Gasteiger partial charge in [-0.25, -0.2) is 9.40 Å². The van der Waals surface area contributed by atoms with Crippen molar-refractivity contribution in [1.29, 1.82) is 0 Å². The van der Waals surface area contributed by atoms with Gasteiger partial charge in [0.2, 0.25) is 5.75 Å². The predicted octanol–water partition coefficient (Wildman–Crippen LogP) is 4.43. The molecule has 2 amide bonds. The van der Waals surface area contributed by atoms with E-state index >= 15 is 0 Å². The van der Waals surface area contributed by atoms with E-state index < -0.39 is 28.2 Å². The average Bonchev–Trinajstić information content (AvgIpc) is 3.07. The number of ether oxygens (including phenoxy) is 1. The summed E-state index contributed by atoms with van der Waals surface area (Å²) in [7, 11) is 0. The molecule has 0 bridgehead atoms. The van der Waals surface area contributed by atoms with E-state index in [1.165, 1.54) is 30.3 Å². The summed E-state index contributed by atoms with van der Waals surface area (Å²) in [5, 5.41) is 12.7.